The van der Waals surface area contributed by atoms with Gasteiger partial charge in [0.05, 0.1) is 0 Å². The maximum absolute atomic E-state index is 10.6. The number of thioether (sulfide) groups is 1. The van der Waals surface area contributed by atoms with Crippen LogP contribution in [0.1, 0.15) is 18.9 Å². The third-order valence-corrected chi connectivity index (χ3v) is 4.58. The highest BCUT2D eigenvalue weighted by atomic mass is 32.2. The Hall–Kier alpha value is -1.20. The lowest BCUT2D eigenvalue weighted by atomic mass is 10.1. The number of benzene rings is 1. The highest BCUT2D eigenvalue weighted by Crippen LogP contribution is 2.47. The average molecular weight is 267 g/mol. The molecule has 1 saturated heterocycles. The normalized spacial score (nSPS) is 27.1. The Morgan fingerprint density at radius 1 is 1.56 bits per heavy atom. The average Bonchev–Trinajstić information content (AvgIpc) is 2.82. The number of carbonyl (C=O) groups excluding carboxylic acids is 1. The monoisotopic (exact) mass is 267 g/mol. The van der Waals surface area contributed by atoms with E-state index in [0.717, 1.165) is 17.7 Å². The van der Waals surface area contributed by atoms with E-state index in [1.165, 1.54) is 0 Å². The zero-order chi connectivity index (χ0) is 13.0. The lowest BCUT2D eigenvalue weighted by molar-refractivity contribution is -0.0386. The van der Waals surface area contributed by atoms with E-state index in [2.05, 4.69) is 19.1 Å². The van der Waals surface area contributed by atoms with E-state index < -0.39 is 6.09 Å². The van der Waals surface area contributed by atoms with Crippen LogP contribution in [0, 0.1) is 0 Å². The smallest absolute Gasteiger partial charge is 0.404 e. The highest BCUT2D eigenvalue weighted by Gasteiger charge is 2.41. The predicted molar refractivity (Wildman–Crippen MR) is 71.3 cm³/mol. The molecule has 0 radical (unpaired) electrons. The van der Waals surface area contributed by atoms with E-state index in [1.54, 1.807) is 11.8 Å². The van der Waals surface area contributed by atoms with E-state index in [-0.39, 0.29) is 17.6 Å². The van der Waals surface area contributed by atoms with Crippen LogP contribution in [-0.2, 0) is 14.4 Å². The van der Waals surface area contributed by atoms with Gasteiger partial charge in [-0.25, -0.2) is 4.79 Å². The minimum Gasteiger partial charge on any atom is -0.447 e. The minimum absolute atomic E-state index is 0.0948. The van der Waals surface area contributed by atoms with Gasteiger partial charge in [-0.15, -0.1) is 11.8 Å². The number of carbonyl (C=O) groups is 1. The largest absolute Gasteiger partial charge is 0.447 e. The molecule has 1 amide bonds. The van der Waals surface area contributed by atoms with Crippen molar-refractivity contribution in [1.82, 2.24) is 0 Å². The summed E-state index contributed by atoms with van der Waals surface area (Å²) in [6.45, 7) is 2.31. The van der Waals surface area contributed by atoms with Crippen molar-refractivity contribution < 1.29 is 14.3 Å². The third kappa shape index (κ3) is 2.79. The van der Waals surface area contributed by atoms with Gasteiger partial charge in [-0.1, -0.05) is 37.3 Å². The van der Waals surface area contributed by atoms with Crippen molar-refractivity contribution in [3.05, 3.63) is 35.9 Å². The van der Waals surface area contributed by atoms with Gasteiger partial charge in [-0.05, 0) is 12.0 Å². The third-order valence-electron chi connectivity index (χ3n) is 2.95. The van der Waals surface area contributed by atoms with E-state index >= 15 is 0 Å². The van der Waals surface area contributed by atoms with Gasteiger partial charge < -0.3 is 15.2 Å². The van der Waals surface area contributed by atoms with Crippen LogP contribution in [0.5, 0.6) is 0 Å². The van der Waals surface area contributed by atoms with Crippen LogP contribution in [-0.4, -0.2) is 24.6 Å². The standard InChI is InChI=1S/C13H17NO3S/c1-2-13(10-6-4-3-5-7-10)17-11(9-18-13)8-16-12(14)15/h3-7,11H,2,8-9H2,1H3,(H2,14,15)/t11-,13-/m1/s1. The first-order chi connectivity index (χ1) is 8.66. The van der Waals surface area contributed by atoms with Crippen molar-refractivity contribution in [2.24, 2.45) is 5.73 Å². The molecular weight excluding hydrogens is 250 g/mol. The topological polar surface area (TPSA) is 61.6 Å². The minimum atomic E-state index is -0.752. The molecule has 0 unspecified atom stereocenters. The number of amides is 1. The molecule has 0 saturated carbocycles. The summed E-state index contributed by atoms with van der Waals surface area (Å²) in [5.74, 6) is 0.802. The van der Waals surface area contributed by atoms with E-state index in [1.807, 2.05) is 18.2 Å². The van der Waals surface area contributed by atoms with Crippen LogP contribution in [0.25, 0.3) is 0 Å². The molecule has 2 rings (SSSR count). The number of ether oxygens (including phenoxy) is 2. The SMILES string of the molecule is CC[C@@]1(c2ccccc2)O[C@H](COC(N)=O)CS1. The van der Waals surface area contributed by atoms with Crippen molar-refractivity contribution in [1.29, 1.82) is 0 Å². The summed E-state index contributed by atoms with van der Waals surface area (Å²) in [5.41, 5.74) is 6.11. The van der Waals surface area contributed by atoms with Gasteiger partial charge in [0, 0.05) is 5.75 Å². The molecule has 0 spiro atoms. The van der Waals surface area contributed by atoms with E-state index in [4.69, 9.17) is 15.2 Å². The van der Waals surface area contributed by atoms with Crippen molar-refractivity contribution in [2.45, 2.75) is 24.4 Å². The van der Waals surface area contributed by atoms with Gasteiger partial charge in [0.15, 0.2) is 0 Å². The Labute approximate surface area is 111 Å². The van der Waals surface area contributed by atoms with Crippen molar-refractivity contribution in [2.75, 3.05) is 12.4 Å². The molecule has 18 heavy (non-hydrogen) atoms. The maximum Gasteiger partial charge on any atom is 0.404 e. The Kier molecular flexibility index (Phi) is 4.14. The second-order valence-electron chi connectivity index (χ2n) is 4.15. The quantitative estimate of drug-likeness (QED) is 0.910. The molecule has 1 heterocycles. The van der Waals surface area contributed by atoms with E-state index in [0.29, 0.717) is 0 Å². The summed E-state index contributed by atoms with van der Waals surface area (Å²) in [4.78, 5) is 10.3. The molecule has 5 heteroatoms. The fourth-order valence-corrected chi connectivity index (χ4v) is 3.39. The number of hydrogen-bond donors (Lipinski definition) is 1. The summed E-state index contributed by atoms with van der Waals surface area (Å²) in [6, 6.07) is 10.1. The molecule has 0 aliphatic carbocycles. The first-order valence-corrected chi connectivity index (χ1v) is 6.94. The van der Waals surface area contributed by atoms with Crippen molar-refractivity contribution in [3.8, 4) is 0 Å². The van der Waals surface area contributed by atoms with Crippen LogP contribution < -0.4 is 5.73 Å². The summed E-state index contributed by atoms with van der Waals surface area (Å²) >= 11 is 1.75. The van der Waals surface area contributed by atoms with Gasteiger partial charge in [0.1, 0.15) is 17.6 Å². The fraction of sp³-hybridized carbons (Fsp3) is 0.462. The number of nitrogens with two attached hydrogens (primary N) is 1. The highest BCUT2D eigenvalue weighted by molar-refractivity contribution is 8.00. The van der Waals surface area contributed by atoms with Crippen molar-refractivity contribution in [3.63, 3.8) is 0 Å². The number of rotatable bonds is 4. The maximum atomic E-state index is 10.6. The fourth-order valence-electron chi connectivity index (χ4n) is 2.06. The molecular formula is C13H17NO3S. The summed E-state index contributed by atoms with van der Waals surface area (Å²) < 4.78 is 10.9. The van der Waals surface area contributed by atoms with Crippen LogP contribution in [0.3, 0.4) is 0 Å². The molecule has 98 valence electrons. The van der Waals surface area contributed by atoms with Gasteiger partial charge in [0.25, 0.3) is 0 Å². The molecule has 1 aromatic carbocycles. The first kappa shape index (κ1) is 13.2. The second kappa shape index (κ2) is 5.63. The molecule has 2 N–H and O–H groups in total. The van der Waals surface area contributed by atoms with Gasteiger partial charge in [-0.2, -0.15) is 0 Å². The summed E-state index contributed by atoms with van der Waals surface area (Å²) in [6.07, 6.45) is 0.0225. The molecule has 0 aromatic heterocycles. The lowest BCUT2D eigenvalue weighted by Crippen LogP contribution is -2.28. The van der Waals surface area contributed by atoms with Crippen molar-refractivity contribution >= 4 is 17.9 Å². The van der Waals surface area contributed by atoms with Crippen LogP contribution in [0.2, 0.25) is 0 Å². The molecule has 1 aliphatic rings. The Morgan fingerprint density at radius 3 is 2.89 bits per heavy atom. The molecule has 1 aliphatic heterocycles. The first-order valence-electron chi connectivity index (χ1n) is 5.96. The molecule has 0 bridgehead atoms. The Morgan fingerprint density at radius 2 is 2.28 bits per heavy atom. The molecule has 4 nitrogen and oxygen atoms in total. The molecule has 1 fully saturated rings. The van der Waals surface area contributed by atoms with Crippen LogP contribution in [0.15, 0.2) is 30.3 Å². The van der Waals surface area contributed by atoms with Crippen LogP contribution in [0.4, 0.5) is 4.79 Å². The summed E-state index contributed by atoms with van der Waals surface area (Å²) in [5, 5.41) is 0. The second-order valence-corrected chi connectivity index (χ2v) is 5.43. The van der Waals surface area contributed by atoms with Gasteiger partial charge in [-0.3, -0.25) is 0 Å². The number of primary amides is 1. The number of hydrogen-bond acceptors (Lipinski definition) is 4. The zero-order valence-electron chi connectivity index (χ0n) is 10.3. The Bertz CT molecular complexity index is 412. The Balaban J connectivity index is 2.05. The molecule has 1 aromatic rings. The lowest BCUT2D eigenvalue weighted by Gasteiger charge is -2.27. The van der Waals surface area contributed by atoms with E-state index in [9.17, 15) is 4.79 Å². The zero-order valence-corrected chi connectivity index (χ0v) is 11.1. The van der Waals surface area contributed by atoms with Crippen LogP contribution >= 0.6 is 11.8 Å². The predicted octanol–water partition coefficient (Wildman–Crippen LogP) is 2.48. The summed E-state index contributed by atoms with van der Waals surface area (Å²) in [7, 11) is 0. The van der Waals surface area contributed by atoms with Gasteiger partial charge in [0.2, 0.25) is 0 Å². The van der Waals surface area contributed by atoms with Gasteiger partial charge >= 0.3 is 6.09 Å². The molecule has 2 atom stereocenters.